The lowest BCUT2D eigenvalue weighted by molar-refractivity contribution is 0.0946. The summed E-state index contributed by atoms with van der Waals surface area (Å²) < 4.78 is 39.2. The van der Waals surface area contributed by atoms with Gasteiger partial charge in [0, 0.05) is 17.5 Å². The van der Waals surface area contributed by atoms with Gasteiger partial charge in [-0.3, -0.25) is 4.79 Å². The maximum atomic E-state index is 13.8. The van der Waals surface area contributed by atoms with Crippen LogP contribution < -0.4 is 10.0 Å². The Morgan fingerprint density at radius 3 is 2.46 bits per heavy atom. The number of thiazole rings is 1. The van der Waals surface area contributed by atoms with E-state index in [1.807, 2.05) is 0 Å². The molecule has 28 heavy (non-hydrogen) atoms. The summed E-state index contributed by atoms with van der Waals surface area (Å²) in [5.74, 6) is -0.849. The number of rotatable bonds is 7. The van der Waals surface area contributed by atoms with E-state index in [1.165, 1.54) is 24.5 Å². The molecule has 9 heteroatoms. The molecule has 0 spiro atoms. The van der Waals surface area contributed by atoms with E-state index in [4.69, 9.17) is 0 Å². The Hall–Kier alpha value is -2.62. The van der Waals surface area contributed by atoms with Crippen molar-refractivity contribution in [2.75, 3.05) is 7.05 Å². The van der Waals surface area contributed by atoms with Crippen LogP contribution in [0.1, 0.15) is 21.6 Å². The summed E-state index contributed by atoms with van der Waals surface area (Å²) in [6, 6.07) is 13.2. The zero-order valence-electron chi connectivity index (χ0n) is 15.0. The average molecular weight is 420 g/mol. The third kappa shape index (κ3) is 5.00. The van der Waals surface area contributed by atoms with Crippen LogP contribution in [0.5, 0.6) is 0 Å². The second-order valence-corrected chi connectivity index (χ2v) is 8.76. The Morgan fingerprint density at radius 2 is 1.79 bits per heavy atom. The zero-order chi connectivity index (χ0) is 20.1. The summed E-state index contributed by atoms with van der Waals surface area (Å²) in [4.78, 5) is 16.5. The maximum Gasteiger partial charge on any atom is 0.271 e. The van der Waals surface area contributed by atoms with Crippen LogP contribution in [-0.4, -0.2) is 26.4 Å². The average Bonchev–Trinajstić information content (AvgIpc) is 3.17. The fourth-order valence-corrected chi connectivity index (χ4v) is 4.06. The SMILES string of the molecule is CNS(=O)(=O)Cc1ccc(CNC(=O)c2csc(-c3ccccc3F)n2)cc1. The van der Waals surface area contributed by atoms with Gasteiger partial charge in [-0.2, -0.15) is 0 Å². The highest BCUT2D eigenvalue weighted by atomic mass is 32.2. The van der Waals surface area contributed by atoms with Crippen LogP contribution in [0.3, 0.4) is 0 Å². The molecule has 0 radical (unpaired) electrons. The number of nitrogens with one attached hydrogen (secondary N) is 2. The number of benzene rings is 2. The molecule has 2 N–H and O–H groups in total. The minimum atomic E-state index is -3.32. The lowest BCUT2D eigenvalue weighted by atomic mass is 10.1. The number of nitrogens with zero attached hydrogens (tertiary/aromatic N) is 1. The second-order valence-electron chi connectivity index (χ2n) is 5.98. The van der Waals surface area contributed by atoms with Crippen molar-refractivity contribution in [2.24, 2.45) is 0 Å². The molecule has 0 atom stereocenters. The first-order valence-corrected chi connectivity index (χ1v) is 10.9. The maximum absolute atomic E-state index is 13.8. The summed E-state index contributed by atoms with van der Waals surface area (Å²) in [6.45, 7) is 0.268. The van der Waals surface area contributed by atoms with E-state index in [2.05, 4.69) is 15.0 Å². The minimum absolute atomic E-state index is 0.103. The predicted octanol–water partition coefficient (Wildman–Crippen LogP) is 2.93. The predicted molar refractivity (Wildman–Crippen MR) is 107 cm³/mol. The number of sulfonamides is 1. The quantitative estimate of drug-likeness (QED) is 0.616. The summed E-state index contributed by atoms with van der Waals surface area (Å²) in [5.41, 5.74) is 2.06. The Labute approximate surface area is 166 Å². The zero-order valence-corrected chi connectivity index (χ0v) is 16.6. The fourth-order valence-electron chi connectivity index (χ4n) is 2.45. The van der Waals surface area contributed by atoms with Crippen molar-refractivity contribution in [3.63, 3.8) is 0 Å². The largest absolute Gasteiger partial charge is 0.347 e. The van der Waals surface area contributed by atoms with Crippen LogP contribution in [0.15, 0.2) is 53.9 Å². The highest BCUT2D eigenvalue weighted by Crippen LogP contribution is 2.26. The van der Waals surface area contributed by atoms with Gasteiger partial charge in [-0.05, 0) is 30.3 Å². The topological polar surface area (TPSA) is 88.2 Å². The van der Waals surface area contributed by atoms with Crippen molar-refractivity contribution in [2.45, 2.75) is 12.3 Å². The summed E-state index contributed by atoms with van der Waals surface area (Å²) in [5, 5.41) is 4.78. The third-order valence-corrected chi connectivity index (χ3v) is 6.20. The van der Waals surface area contributed by atoms with Gasteiger partial charge >= 0.3 is 0 Å². The van der Waals surface area contributed by atoms with Gasteiger partial charge in [0.15, 0.2) is 0 Å². The van der Waals surface area contributed by atoms with Gasteiger partial charge in [-0.25, -0.2) is 22.5 Å². The van der Waals surface area contributed by atoms with Crippen LogP contribution in [0, 0.1) is 5.82 Å². The number of amides is 1. The number of carbonyl (C=O) groups excluding carboxylic acids is 1. The normalized spacial score (nSPS) is 11.4. The standard InChI is InChI=1S/C19H18FN3O3S2/c1-21-28(25,26)12-14-8-6-13(7-9-14)10-22-18(24)17-11-27-19(23-17)15-4-2-3-5-16(15)20/h2-9,11,21H,10,12H2,1H3,(H,22,24). The highest BCUT2D eigenvalue weighted by Gasteiger charge is 2.14. The molecule has 0 bridgehead atoms. The van der Waals surface area contributed by atoms with E-state index in [-0.39, 0.29) is 29.7 Å². The molecule has 0 saturated heterocycles. The first-order chi connectivity index (χ1) is 13.4. The summed E-state index contributed by atoms with van der Waals surface area (Å²) >= 11 is 1.20. The lowest BCUT2D eigenvalue weighted by Crippen LogP contribution is -2.23. The molecule has 0 aliphatic carbocycles. The van der Waals surface area contributed by atoms with Crippen molar-refractivity contribution in [3.05, 3.63) is 76.5 Å². The molecule has 0 fully saturated rings. The van der Waals surface area contributed by atoms with Crippen molar-refractivity contribution < 1.29 is 17.6 Å². The monoisotopic (exact) mass is 419 g/mol. The molecule has 1 aromatic heterocycles. The van der Waals surface area contributed by atoms with Crippen LogP contribution in [0.25, 0.3) is 10.6 Å². The molecule has 1 amide bonds. The third-order valence-electron chi connectivity index (χ3n) is 3.98. The van der Waals surface area contributed by atoms with E-state index in [1.54, 1.807) is 47.8 Å². The Morgan fingerprint density at radius 1 is 1.11 bits per heavy atom. The van der Waals surface area contributed by atoms with Gasteiger partial charge < -0.3 is 5.32 Å². The van der Waals surface area contributed by atoms with Crippen molar-refractivity contribution in [3.8, 4) is 10.6 Å². The molecular weight excluding hydrogens is 401 g/mol. The van der Waals surface area contributed by atoms with E-state index in [0.717, 1.165) is 5.56 Å². The van der Waals surface area contributed by atoms with Gasteiger partial charge in [0.05, 0.1) is 5.75 Å². The molecule has 2 aromatic carbocycles. The molecule has 6 nitrogen and oxygen atoms in total. The second kappa shape index (κ2) is 8.59. The van der Waals surface area contributed by atoms with Gasteiger partial charge in [0.25, 0.3) is 5.91 Å². The van der Waals surface area contributed by atoms with Crippen molar-refractivity contribution in [1.82, 2.24) is 15.0 Å². The molecule has 0 unspecified atom stereocenters. The molecule has 0 aliphatic rings. The first-order valence-electron chi connectivity index (χ1n) is 8.35. The first kappa shape index (κ1) is 20.1. The number of halogens is 1. The molecule has 3 rings (SSSR count). The number of hydrogen-bond donors (Lipinski definition) is 2. The summed E-state index contributed by atoms with van der Waals surface area (Å²) in [6.07, 6.45) is 0. The Balaban J connectivity index is 1.61. The van der Waals surface area contributed by atoms with Gasteiger partial charge in [0.2, 0.25) is 10.0 Å². The lowest BCUT2D eigenvalue weighted by Gasteiger charge is -2.06. The Kier molecular flexibility index (Phi) is 6.18. The molecule has 146 valence electrons. The minimum Gasteiger partial charge on any atom is -0.347 e. The van der Waals surface area contributed by atoms with Crippen LogP contribution >= 0.6 is 11.3 Å². The van der Waals surface area contributed by atoms with Gasteiger partial charge in [-0.1, -0.05) is 36.4 Å². The van der Waals surface area contributed by atoms with Gasteiger partial charge in [0.1, 0.15) is 16.5 Å². The molecule has 3 aromatic rings. The van der Waals surface area contributed by atoms with Gasteiger partial charge in [-0.15, -0.1) is 11.3 Å². The number of hydrogen-bond acceptors (Lipinski definition) is 5. The smallest absolute Gasteiger partial charge is 0.271 e. The van der Waals surface area contributed by atoms with Crippen LogP contribution in [-0.2, 0) is 22.3 Å². The molecule has 0 aliphatic heterocycles. The molecule has 1 heterocycles. The fraction of sp³-hybridized carbons (Fsp3) is 0.158. The molecular formula is C19H18FN3O3S2. The molecule has 0 saturated carbocycles. The van der Waals surface area contributed by atoms with Crippen LogP contribution in [0.2, 0.25) is 0 Å². The number of carbonyl (C=O) groups is 1. The van der Waals surface area contributed by atoms with E-state index in [9.17, 15) is 17.6 Å². The highest BCUT2D eigenvalue weighted by molar-refractivity contribution is 7.88. The van der Waals surface area contributed by atoms with Crippen molar-refractivity contribution in [1.29, 1.82) is 0 Å². The van der Waals surface area contributed by atoms with E-state index < -0.39 is 10.0 Å². The van der Waals surface area contributed by atoms with E-state index >= 15 is 0 Å². The Bertz CT molecular complexity index is 1080. The van der Waals surface area contributed by atoms with E-state index in [0.29, 0.717) is 16.1 Å². The number of aromatic nitrogens is 1. The van der Waals surface area contributed by atoms with Crippen molar-refractivity contribution >= 4 is 27.3 Å². The van der Waals surface area contributed by atoms with Crippen LogP contribution in [0.4, 0.5) is 4.39 Å². The summed E-state index contributed by atoms with van der Waals surface area (Å²) in [7, 11) is -1.95.